The summed E-state index contributed by atoms with van der Waals surface area (Å²) in [7, 11) is 0. The summed E-state index contributed by atoms with van der Waals surface area (Å²) in [5.41, 5.74) is 3.58. The molecule has 0 bridgehead atoms. The zero-order chi connectivity index (χ0) is 21.3. The van der Waals surface area contributed by atoms with Crippen molar-refractivity contribution >= 4 is 28.8 Å². The van der Waals surface area contributed by atoms with Crippen molar-refractivity contribution in [2.45, 2.75) is 26.7 Å². The molecule has 7 nitrogen and oxygen atoms in total. The summed E-state index contributed by atoms with van der Waals surface area (Å²) < 4.78 is 3.19. The van der Waals surface area contributed by atoms with Gasteiger partial charge in [0.25, 0.3) is 0 Å². The minimum absolute atomic E-state index is 0.155. The van der Waals surface area contributed by atoms with Gasteiger partial charge in [0.05, 0.1) is 0 Å². The standard InChI is InChI=1S/C22H20ClN5O2/c1-14-11-15(2)13-18(12-14)27-9-10-28-19(25-26-21(28)22(27)30)7-8-20(29)24-17-5-3-16(23)4-6-17/h3-6,9-13H,7-8H2,1-2H3,(H,24,29). The molecule has 8 heteroatoms. The lowest BCUT2D eigenvalue weighted by Gasteiger charge is -2.09. The number of nitrogens with one attached hydrogen (secondary N) is 1. The second kappa shape index (κ2) is 8.12. The van der Waals surface area contributed by atoms with Crippen molar-refractivity contribution < 1.29 is 4.79 Å². The minimum Gasteiger partial charge on any atom is -0.326 e. The fourth-order valence-electron chi connectivity index (χ4n) is 3.38. The lowest BCUT2D eigenvalue weighted by Crippen LogP contribution is -2.20. The highest BCUT2D eigenvalue weighted by Gasteiger charge is 2.13. The Bertz CT molecular complexity index is 1270. The van der Waals surface area contributed by atoms with Crippen molar-refractivity contribution in [3.63, 3.8) is 0 Å². The highest BCUT2D eigenvalue weighted by molar-refractivity contribution is 6.30. The lowest BCUT2D eigenvalue weighted by atomic mass is 10.1. The van der Waals surface area contributed by atoms with Crippen LogP contribution in [0.1, 0.15) is 23.4 Å². The summed E-state index contributed by atoms with van der Waals surface area (Å²) in [4.78, 5) is 25.2. The van der Waals surface area contributed by atoms with Crippen LogP contribution in [0.25, 0.3) is 11.3 Å². The Morgan fingerprint density at radius 1 is 1.03 bits per heavy atom. The number of hydrogen-bond donors (Lipinski definition) is 1. The molecule has 0 saturated heterocycles. The molecule has 1 N–H and O–H groups in total. The Morgan fingerprint density at radius 2 is 1.73 bits per heavy atom. The van der Waals surface area contributed by atoms with E-state index in [4.69, 9.17) is 11.6 Å². The van der Waals surface area contributed by atoms with Gasteiger partial charge in [-0.05, 0) is 61.4 Å². The number of amides is 1. The van der Waals surface area contributed by atoms with Crippen LogP contribution >= 0.6 is 11.6 Å². The number of carbonyl (C=O) groups excluding carboxylic acids is 1. The van der Waals surface area contributed by atoms with Crippen molar-refractivity contribution in [2.24, 2.45) is 0 Å². The van der Waals surface area contributed by atoms with Crippen molar-refractivity contribution in [3.05, 3.63) is 87.2 Å². The number of benzene rings is 2. The zero-order valence-electron chi connectivity index (χ0n) is 16.6. The van der Waals surface area contributed by atoms with Crippen LogP contribution in [0, 0.1) is 13.8 Å². The van der Waals surface area contributed by atoms with Crippen LogP contribution in [0.15, 0.2) is 59.7 Å². The number of carbonyl (C=O) groups is 1. The van der Waals surface area contributed by atoms with E-state index in [2.05, 4.69) is 21.6 Å². The van der Waals surface area contributed by atoms with Gasteiger partial charge in [-0.3, -0.25) is 18.6 Å². The first-order chi connectivity index (χ1) is 14.4. The first kappa shape index (κ1) is 19.8. The zero-order valence-corrected chi connectivity index (χ0v) is 17.3. The molecule has 2 aromatic carbocycles. The van der Waals surface area contributed by atoms with Gasteiger partial charge in [-0.15, -0.1) is 10.2 Å². The molecule has 0 saturated carbocycles. The highest BCUT2D eigenvalue weighted by Crippen LogP contribution is 2.15. The van der Waals surface area contributed by atoms with Crippen molar-refractivity contribution in [1.29, 1.82) is 0 Å². The summed E-state index contributed by atoms with van der Waals surface area (Å²) >= 11 is 5.85. The number of aromatic nitrogens is 4. The van der Waals surface area contributed by atoms with Gasteiger partial charge in [0.1, 0.15) is 5.82 Å². The molecule has 2 heterocycles. The van der Waals surface area contributed by atoms with E-state index < -0.39 is 0 Å². The minimum atomic E-state index is -0.258. The lowest BCUT2D eigenvalue weighted by molar-refractivity contribution is -0.116. The maximum atomic E-state index is 12.9. The molecule has 0 fully saturated rings. The maximum absolute atomic E-state index is 12.9. The van der Waals surface area contributed by atoms with E-state index in [0.29, 0.717) is 23.0 Å². The average molecular weight is 422 g/mol. The van der Waals surface area contributed by atoms with Crippen LogP contribution in [0.4, 0.5) is 5.69 Å². The van der Waals surface area contributed by atoms with Gasteiger partial charge in [-0.1, -0.05) is 17.7 Å². The molecule has 0 spiro atoms. The summed E-state index contributed by atoms with van der Waals surface area (Å²) in [6.45, 7) is 3.98. The SMILES string of the molecule is Cc1cc(C)cc(-n2ccn3c(CCC(=O)Nc4ccc(Cl)cc4)nnc3c2=O)c1. The predicted molar refractivity (Wildman–Crippen MR) is 116 cm³/mol. The van der Waals surface area contributed by atoms with E-state index in [0.717, 1.165) is 16.8 Å². The Morgan fingerprint density at radius 3 is 2.43 bits per heavy atom. The molecule has 152 valence electrons. The molecule has 0 atom stereocenters. The van der Waals surface area contributed by atoms with Gasteiger partial charge >= 0.3 is 5.56 Å². The third kappa shape index (κ3) is 4.11. The number of fused-ring (bicyclic) bond motifs is 1. The van der Waals surface area contributed by atoms with Crippen LogP contribution in [0.5, 0.6) is 0 Å². The number of aryl methyl sites for hydroxylation is 3. The molecular weight excluding hydrogens is 402 g/mol. The molecule has 0 radical (unpaired) electrons. The van der Waals surface area contributed by atoms with Crippen LogP contribution in [-0.4, -0.2) is 25.1 Å². The number of halogens is 1. The molecule has 2 aromatic heterocycles. The van der Waals surface area contributed by atoms with Gasteiger partial charge in [0, 0.05) is 41.6 Å². The monoisotopic (exact) mass is 421 g/mol. The van der Waals surface area contributed by atoms with E-state index in [-0.39, 0.29) is 23.5 Å². The van der Waals surface area contributed by atoms with E-state index in [1.807, 2.05) is 26.0 Å². The van der Waals surface area contributed by atoms with Gasteiger partial charge in [0.15, 0.2) is 0 Å². The smallest absolute Gasteiger partial charge is 0.300 e. The third-order valence-corrected chi connectivity index (χ3v) is 4.98. The Labute approximate surface area is 178 Å². The van der Waals surface area contributed by atoms with Gasteiger partial charge in [-0.25, -0.2) is 0 Å². The largest absolute Gasteiger partial charge is 0.326 e. The summed E-state index contributed by atoms with van der Waals surface area (Å²) in [6.07, 6.45) is 4.02. The van der Waals surface area contributed by atoms with E-state index in [9.17, 15) is 9.59 Å². The summed E-state index contributed by atoms with van der Waals surface area (Å²) in [6, 6.07) is 12.8. The normalized spacial score (nSPS) is 11.0. The van der Waals surface area contributed by atoms with Crippen LogP contribution in [0.2, 0.25) is 5.02 Å². The van der Waals surface area contributed by atoms with Gasteiger partial charge < -0.3 is 5.32 Å². The molecule has 4 rings (SSSR count). The topological polar surface area (TPSA) is 81.3 Å². The summed E-state index contributed by atoms with van der Waals surface area (Å²) in [5.74, 6) is 0.401. The molecule has 0 aliphatic heterocycles. The number of nitrogens with zero attached hydrogens (tertiary/aromatic N) is 4. The van der Waals surface area contributed by atoms with Crippen molar-refractivity contribution in [3.8, 4) is 5.69 Å². The maximum Gasteiger partial charge on any atom is 0.300 e. The molecule has 4 aromatic rings. The summed E-state index contributed by atoms with van der Waals surface area (Å²) in [5, 5.41) is 11.6. The van der Waals surface area contributed by atoms with Crippen LogP contribution in [0.3, 0.4) is 0 Å². The molecule has 0 unspecified atom stereocenters. The second-order valence-corrected chi connectivity index (χ2v) is 7.62. The fraction of sp³-hybridized carbons (Fsp3) is 0.182. The Kier molecular flexibility index (Phi) is 5.37. The molecular formula is C22H20ClN5O2. The van der Waals surface area contributed by atoms with E-state index in [1.54, 1.807) is 45.6 Å². The second-order valence-electron chi connectivity index (χ2n) is 7.18. The van der Waals surface area contributed by atoms with Gasteiger partial charge in [-0.2, -0.15) is 0 Å². The molecule has 1 amide bonds. The van der Waals surface area contributed by atoms with E-state index >= 15 is 0 Å². The highest BCUT2D eigenvalue weighted by atomic mass is 35.5. The first-order valence-electron chi connectivity index (χ1n) is 9.50. The van der Waals surface area contributed by atoms with Gasteiger partial charge in [0.2, 0.25) is 11.6 Å². The number of rotatable bonds is 5. The van der Waals surface area contributed by atoms with E-state index in [1.165, 1.54) is 0 Å². The Balaban J connectivity index is 1.53. The molecule has 30 heavy (non-hydrogen) atoms. The van der Waals surface area contributed by atoms with Crippen LogP contribution in [-0.2, 0) is 11.2 Å². The fourth-order valence-corrected chi connectivity index (χ4v) is 3.51. The van der Waals surface area contributed by atoms with Crippen molar-refractivity contribution in [2.75, 3.05) is 5.32 Å². The van der Waals surface area contributed by atoms with Crippen molar-refractivity contribution in [1.82, 2.24) is 19.2 Å². The number of anilines is 1. The first-order valence-corrected chi connectivity index (χ1v) is 9.88. The van der Waals surface area contributed by atoms with Crippen LogP contribution < -0.4 is 10.9 Å². The molecule has 0 aliphatic rings. The molecule has 0 aliphatic carbocycles. The third-order valence-electron chi connectivity index (χ3n) is 4.73. The average Bonchev–Trinajstić information content (AvgIpc) is 3.12. The quantitative estimate of drug-likeness (QED) is 0.532. The predicted octanol–water partition coefficient (Wildman–Crippen LogP) is 3.72. The number of hydrogen-bond acceptors (Lipinski definition) is 4. The Hall–Kier alpha value is -3.45.